The van der Waals surface area contributed by atoms with E-state index in [1.54, 1.807) is 43.0 Å². The summed E-state index contributed by atoms with van der Waals surface area (Å²) in [5.41, 5.74) is 1.45. The molecule has 0 aliphatic heterocycles. The number of nitrogens with one attached hydrogen (secondary N) is 2. The van der Waals surface area contributed by atoms with Crippen molar-refractivity contribution < 1.29 is 14.3 Å². The zero-order valence-corrected chi connectivity index (χ0v) is 19.5. The molecule has 0 saturated heterocycles. The van der Waals surface area contributed by atoms with Crippen molar-refractivity contribution in [3.63, 3.8) is 0 Å². The molecule has 0 unspecified atom stereocenters. The van der Waals surface area contributed by atoms with Crippen molar-refractivity contribution in [2.75, 3.05) is 18.2 Å². The summed E-state index contributed by atoms with van der Waals surface area (Å²) in [6, 6.07) is 14.1. The highest BCUT2D eigenvalue weighted by Gasteiger charge is 2.18. The predicted molar refractivity (Wildman–Crippen MR) is 125 cm³/mol. The predicted octanol–water partition coefficient (Wildman–Crippen LogP) is 3.63. The number of ether oxygens (including phenoxy) is 1. The Hall–Kier alpha value is -3.04. The Morgan fingerprint density at radius 2 is 1.84 bits per heavy atom. The van der Waals surface area contributed by atoms with E-state index in [0.717, 1.165) is 11.3 Å². The Balaban J connectivity index is 1.53. The number of methoxy groups -OCH3 is 1. The number of carbonyl (C=O) groups is 2. The fourth-order valence-corrected chi connectivity index (χ4v) is 3.89. The molecule has 1 heterocycles. The third-order valence-corrected chi connectivity index (χ3v) is 5.99. The van der Waals surface area contributed by atoms with E-state index in [-0.39, 0.29) is 30.0 Å². The van der Waals surface area contributed by atoms with Gasteiger partial charge in [-0.3, -0.25) is 9.59 Å². The van der Waals surface area contributed by atoms with E-state index in [0.29, 0.717) is 21.7 Å². The van der Waals surface area contributed by atoms with Gasteiger partial charge in [0.2, 0.25) is 11.8 Å². The second-order valence-electron chi connectivity index (χ2n) is 7.03. The maximum absolute atomic E-state index is 12.4. The number of halogens is 1. The molecule has 2 N–H and O–H groups in total. The second-order valence-corrected chi connectivity index (χ2v) is 8.38. The molecule has 2 aromatic carbocycles. The van der Waals surface area contributed by atoms with Crippen LogP contribution < -0.4 is 15.4 Å². The Morgan fingerprint density at radius 3 is 2.53 bits per heavy atom. The molecule has 0 radical (unpaired) electrons. The van der Waals surface area contributed by atoms with Crippen molar-refractivity contribution in [1.29, 1.82) is 0 Å². The zero-order valence-electron chi connectivity index (χ0n) is 18.0. The first kappa shape index (κ1) is 23.6. The SMILES string of the molecule is COc1ccc(CC(=O)N[C@H](C)c2nnc(SCC(=O)Nc3ccccc3Cl)n2C)cc1. The largest absolute Gasteiger partial charge is 0.497 e. The first-order valence-corrected chi connectivity index (χ1v) is 11.2. The van der Waals surface area contributed by atoms with Crippen LogP contribution in [0.15, 0.2) is 53.7 Å². The van der Waals surface area contributed by atoms with Crippen LogP contribution >= 0.6 is 23.4 Å². The van der Waals surface area contributed by atoms with Crippen LogP contribution in [-0.4, -0.2) is 39.4 Å². The number of hydrogen-bond acceptors (Lipinski definition) is 6. The van der Waals surface area contributed by atoms with Crippen molar-refractivity contribution >= 4 is 40.9 Å². The third kappa shape index (κ3) is 6.24. The molecule has 10 heteroatoms. The van der Waals surface area contributed by atoms with Crippen molar-refractivity contribution in [3.8, 4) is 5.75 Å². The molecule has 1 aromatic heterocycles. The van der Waals surface area contributed by atoms with Gasteiger partial charge in [0.1, 0.15) is 5.75 Å². The zero-order chi connectivity index (χ0) is 23.1. The van der Waals surface area contributed by atoms with Crippen LogP contribution in [-0.2, 0) is 23.1 Å². The summed E-state index contributed by atoms with van der Waals surface area (Å²) < 4.78 is 6.90. The molecule has 0 saturated carbocycles. The van der Waals surface area contributed by atoms with E-state index < -0.39 is 0 Å². The number of benzene rings is 2. The quantitative estimate of drug-likeness (QED) is 0.460. The third-order valence-electron chi connectivity index (χ3n) is 4.64. The lowest BCUT2D eigenvalue weighted by Gasteiger charge is -2.14. The lowest BCUT2D eigenvalue weighted by molar-refractivity contribution is -0.121. The summed E-state index contributed by atoms with van der Waals surface area (Å²) in [7, 11) is 3.40. The van der Waals surface area contributed by atoms with Crippen LogP contribution in [0.1, 0.15) is 24.4 Å². The highest BCUT2D eigenvalue weighted by molar-refractivity contribution is 7.99. The molecule has 0 bridgehead atoms. The Kier molecular flexibility index (Phi) is 8.13. The van der Waals surface area contributed by atoms with Gasteiger partial charge in [0.15, 0.2) is 11.0 Å². The summed E-state index contributed by atoms with van der Waals surface area (Å²) in [4.78, 5) is 24.7. The van der Waals surface area contributed by atoms with Gasteiger partial charge in [-0.2, -0.15) is 0 Å². The molecule has 8 nitrogen and oxygen atoms in total. The number of aromatic nitrogens is 3. The van der Waals surface area contributed by atoms with Gasteiger partial charge in [-0.15, -0.1) is 10.2 Å². The molecular weight excluding hydrogens is 450 g/mol. The van der Waals surface area contributed by atoms with E-state index in [4.69, 9.17) is 16.3 Å². The standard InChI is InChI=1S/C22H24ClN5O3S/c1-14(24-19(29)12-15-8-10-16(31-3)11-9-15)21-26-27-22(28(21)2)32-13-20(30)25-18-7-5-4-6-17(18)23/h4-11,14H,12-13H2,1-3H3,(H,24,29)(H,25,30)/t14-/m1/s1. The average Bonchev–Trinajstić information content (AvgIpc) is 3.15. The van der Waals surface area contributed by atoms with Gasteiger partial charge in [0.05, 0.1) is 36.0 Å². The number of carbonyl (C=O) groups excluding carboxylic acids is 2. The van der Waals surface area contributed by atoms with Gasteiger partial charge in [-0.25, -0.2) is 0 Å². The summed E-state index contributed by atoms with van der Waals surface area (Å²) >= 11 is 7.32. The maximum Gasteiger partial charge on any atom is 0.234 e. The number of para-hydroxylation sites is 1. The smallest absolute Gasteiger partial charge is 0.234 e. The molecule has 168 valence electrons. The number of thioether (sulfide) groups is 1. The summed E-state index contributed by atoms with van der Waals surface area (Å²) in [5, 5.41) is 15.1. The Morgan fingerprint density at radius 1 is 1.12 bits per heavy atom. The van der Waals surface area contributed by atoms with Crippen LogP contribution in [0.5, 0.6) is 5.75 Å². The first-order valence-electron chi connectivity index (χ1n) is 9.86. The van der Waals surface area contributed by atoms with Crippen molar-refractivity contribution in [1.82, 2.24) is 20.1 Å². The normalized spacial score (nSPS) is 11.6. The van der Waals surface area contributed by atoms with Crippen LogP contribution in [0.25, 0.3) is 0 Å². The average molecular weight is 474 g/mol. The van der Waals surface area contributed by atoms with Gasteiger partial charge >= 0.3 is 0 Å². The van der Waals surface area contributed by atoms with Crippen molar-refractivity contribution in [2.45, 2.75) is 24.5 Å². The van der Waals surface area contributed by atoms with E-state index in [2.05, 4.69) is 20.8 Å². The number of hydrogen-bond donors (Lipinski definition) is 2. The highest BCUT2D eigenvalue weighted by atomic mass is 35.5. The topological polar surface area (TPSA) is 98.1 Å². The minimum absolute atomic E-state index is 0.126. The van der Waals surface area contributed by atoms with Crippen molar-refractivity contribution in [2.24, 2.45) is 7.05 Å². The minimum atomic E-state index is -0.343. The number of anilines is 1. The Bertz CT molecular complexity index is 1090. The number of rotatable bonds is 9. The minimum Gasteiger partial charge on any atom is -0.497 e. The molecule has 3 rings (SSSR count). The van der Waals surface area contributed by atoms with Gasteiger partial charge in [-0.05, 0) is 36.8 Å². The maximum atomic E-state index is 12.4. The number of nitrogens with zero attached hydrogens (tertiary/aromatic N) is 3. The van der Waals surface area contributed by atoms with E-state index in [1.807, 2.05) is 31.2 Å². The van der Waals surface area contributed by atoms with Crippen LogP contribution in [0.4, 0.5) is 5.69 Å². The lowest BCUT2D eigenvalue weighted by atomic mass is 10.1. The molecule has 1 atom stereocenters. The van der Waals surface area contributed by atoms with Crippen LogP contribution in [0.2, 0.25) is 5.02 Å². The molecule has 32 heavy (non-hydrogen) atoms. The first-order chi connectivity index (χ1) is 15.4. The van der Waals surface area contributed by atoms with E-state index in [1.165, 1.54) is 11.8 Å². The molecule has 0 spiro atoms. The van der Waals surface area contributed by atoms with E-state index in [9.17, 15) is 9.59 Å². The van der Waals surface area contributed by atoms with Crippen molar-refractivity contribution in [3.05, 3.63) is 64.9 Å². The van der Waals surface area contributed by atoms with Gasteiger partial charge < -0.3 is 19.9 Å². The van der Waals surface area contributed by atoms with Crippen LogP contribution in [0, 0.1) is 0 Å². The van der Waals surface area contributed by atoms with Gasteiger partial charge in [-0.1, -0.05) is 47.6 Å². The molecule has 0 aliphatic carbocycles. The molecular formula is C22H24ClN5O3S. The summed E-state index contributed by atoms with van der Waals surface area (Å²) in [6.45, 7) is 1.84. The highest BCUT2D eigenvalue weighted by Crippen LogP contribution is 2.22. The fourth-order valence-electron chi connectivity index (χ4n) is 2.99. The molecule has 2 amide bonds. The second kappa shape index (κ2) is 11.0. The lowest BCUT2D eigenvalue weighted by Crippen LogP contribution is -2.29. The van der Waals surface area contributed by atoms with Crippen LogP contribution in [0.3, 0.4) is 0 Å². The molecule has 3 aromatic rings. The van der Waals surface area contributed by atoms with E-state index >= 15 is 0 Å². The number of amides is 2. The molecule has 0 fully saturated rings. The Labute approximate surface area is 195 Å². The van der Waals surface area contributed by atoms with Gasteiger partial charge in [0, 0.05) is 7.05 Å². The molecule has 0 aliphatic rings. The monoisotopic (exact) mass is 473 g/mol. The summed E-state index contributed by atoms with van der Waals surface area (Å²) in [5.74, 6) is 1.16. The van der Waals surface area contributed by atoms with Gasteiger partial charge in [0.25, 0.3) is 0 Å². The fraction of sp³-hybridized carbons (Fsp3) is 0.273. The summed E-state index contributed by atoms with van der Waals surface area (Å²) in [6.07, 6.45) is 0.246.